The van der Waals surface area contributed by atoms with Gasteiger partial charge in [0.25, 0.3) is 0 Å². The van der Waals surface area contributed by atoms with Crippen molar-refractivity contribution in [1.29, 1.82) is 0 Å². The maximum atomic E-state index is 12.6. The molecule has 0 aliphatic rings. The Hall–Kier alpha value is -1.07. The van der Waals surface area contributed by atoms with Gasteiger partial charge < -0.3 is 14.2 Å². The van der Waals surface area contributed by atoms with Crippen LogP contribution in [0, 0.1) is 5.92 Å². The third-order valence-corrected chi connectivity index (χ3v) is 8.87. The van der Waals surface area contributed by atoms with Crippen LogP contribution in [0.5, 0.6) is 0 Å². The molecule has 23 heavy (non-hydrogen) atoms. The van der Waals surface area contributed by atoms with E-state index in [-0.39, 0.29) is 28.5 Å². The second-order valence-corrected chi connectivity index (χ2v) is 13.6. The molecule has 132 valence electrons. The first-order valence-corrected chi connectivity index (χ1v) is 11.2. The summed E-state index contributed by atoms with van der Waals surface area (Å²) in [7, 11) is -2.03. The van der Waals surface area contributed by atoms with Gasteiger partial charge >= 0.3 is 0 Å². The van der Waals surface area contributed by atoms with E-state index in [9.17, 15) is 4.79 Å². The molecule has 0 spiro atoms. The van der Waals surface area contributed by atoms with Gasteiger partial charge in [0.2, 0.25) is 5.91 Å². The van der Waals surface area contributed by atoms with Crippen LogP contribution in [-0.2, 0) is 9.22 Å². The number of furan rings is 1. The predicted molar refractivity (Wildman–Crippen MR) is 96.8 cm³/mol. The zero-order valence-corrected chi connectivity index (χ0v) is 17.1. The SMILES string of the molecule is C[C@@H](C(=O)NC(C)(C)C)[C@@H](O[Si](C)(C)C(C)(C)C)c1ccco1. The van der Waals surface area contributed by atoms with E-state index in [4.69, 9.17) is 8.84 Å². The number of hydrogen-bond acceptors (Lipinski definition) is 3. The second kappa shape index (κ2) is 6.81. The first-order valence-electron chi connectivity index (χ1n) is 8.28. The van der Waals surface area contributed by atoms with Crippen LogP contribution in [0.2, 0.25) is 18.1 Å². The Bertz CT molecular complexity index is 509. The lowest BCUT2D eigenvalue weighted by atomic mass is 9.99. The molecule has 0 saturated carbocycles. The average Bonchev–Trinajstić information content (AvgIpc) is 2.85. The molecule has 1 aromatic rings. The lowest BCUT2D eigenvalue weighted by Crippen LogP contribution is -2.47. The molecule has 0 aliphatic carbocycles. The van der Waals surface area contributed by atoms with Crippen molar-refractivity contribution < 1.29 is 13.6 Å². The molecule has 2 atom stereocenters. The zero-order valence-electron chi connectivity index (χ0n) is 16.1. The molecular formula is C18H33NO3Si. The monoisotopic (exact) mass is 339 g/mol. The third kappa shape index (κ3) is 5.50. The molecule has 0 aliphatic heterocycles. The molecule has 1 rings (SSSR count). The minimum Gasteiger partial charge on any atom is -0.467 e. The molecule has 0 radical (unpaired) electrons. The number of amides is 1. The molecule has 5 heteroatoms. The van der Waals surface area contributed by atoms with Gasteiger partial charge in [0.1, 0.15) is 11.9 Å². The standard InChI is InChI=1S/C18H33NO3Si/c1-13(16(20)19-17(2,3)4)15(14-11-10-12-21-14)22-23(8,9)18(5,6)7/h10-13,15H,1-9H3,(H,19,20)/t13-,15-/m1/s1. The lowest BCUT2D eigenvalue weighted by Gasteiger charge is -2.40. The fourth-order valence-corrected chi connectivity index (χ4v) is 3.28. The van der Waals surface area contributed by atoms with Gasteiger partial charge in [0.15, 0.2) is 8.32 Å². The topological polar surface area (TPSA) is 51.5 Å². The molecule has 1 N–H and O–H groups in total. The minimum atomic E-state index is -2.03. The number of carbonyl (C=O) groups is 1. The van der Waals surface area contributed by atoms with Crippen molar-refractivity contribution in [2.45, 2.75) is 78.2 Å². The van der Waals surface area contributed by atoms with Crippen molar-refractivity contribution in [2.75, 3.05) is 0 Å². The molecule has 0 bridgehead atoms. The predicted octanol–water partition coefficient (Wildman–Crippen LogP) is 4.89. The first-order chi connectivity index (χ1) is 10.2. The largest absolute Gasteiger partial charge is 0.467 e. The summed E-state index contributed by atoms with van der Waals surface area (Å²) in [6.45, 7) is 18.8. The Morgan fingerprint density at radius 2 is 1.78 bits per heavy atom. The van der Waals surface area contributed by atoms with E-state index in [0.29, 0.717) is 5.76 Å². The van der Waals surface area contributed by atoms with Crippen LogP contribution in [0.4, 0.5) is 0 Å². The van der Waals surface area contributed by atoms with Crippen molar-refractivity contribution >= 4 is 14.2 Å². The number of hydrogen-bond donors (Lipinski definition) is 1. The van der Waals surface area contributed by atoms with Crippen LogP contribution in [0.25, 0.3) is 0 Å². The van der Waals surface area contributed by atoms with E-state index in [1.54, 1.807) is 6.26 Å². The highest BCUT2D eigenvalue weighted by Crippen LogP contribution is 2.41. The Morgan fingerprint density at radius 1 is 1.22 bits per heavy atom. The molecule has 1 aromatic heterocycles. The van der Waals surface area contributed by atoms with E-state index < -0.39 is 8.32 Å². The molecule has 0 fully saturated rings. The van der Waals surface area contributed by atoms with Gasteiger partial charge in [-0.3, -0.25) is 4.79 Å². The molecule has 0 saturated heterocycles. The van der Waals surface area contributed by atoms with E-state index in [1.807, 2.05) is 39.8 Å². The molecule has 1 heterocycles. The van der Waals surface area contributed by atoms with E-state index in [0.717, 1.165) is 0 Å². The van der Waals surface area contributed by atoms with Crippen LogP contribution < -0.4 is 5.32 Å². The average molecular weight is 340 g/mol. The van der Waals surface area contributed by atoms with Crippen molar-refractivity contribution in [3.8, 4) is 0 Å². The van der Waals surface area contributed by atoms with Crippen LogP contribution in [0.15, 0.2) is 22.8 Å². The Balaban J connectivity index is 3.06. The molecule has 1 amide bonds. The number of rotatable bonds is 5. The van der Waals surface area contributed by atoms with E-state index >= 15 is 0 Å². The smallest absolute Gasteiger partial charge is 0.226 e. The summed E-state index contributed by atoms with van der Waals surface area (Å²) in [5.74, 6) is 0.374. The summed E-state index contributed by atoms with van der Waals surface area (Å²) >= 11 is 0. The molecule has 0 aromatic carbocycles. The van der Waals surface area contributed by atoms with Crippen molar-refractivity contribution in [2.24, 2.45) is 5.92 Å². The van der Waals surface area contributed by atoms with Gasteiger partial charge in [-0.1, -0.05) is 27.7 Å². The van der Waals surface area contributed by atoms with Gasteiger partial charge in [-0.05, 0) is 51.0 Å². The minimum absolute atomic E-state index is 0.0161. The summed E-state index contributed by atoms with van der Waals surface area (Å²) in [4.78, 5) is 12.6. The van der Waals surface area contributed by atoms with Crippen LogP contribution >= 0.6 is 0 Å². The Kier molecular flexibility index (Phi) is 5.92. The van der Waals surface area contributed by atoms with Crippen molar-refractivity contribution in [3.63, 3.8) is 0 Å². The van der Waals surface area contributed by atoms with Gasteiger partial charge in [-0.15, -0.1) is 0 Å². The van der Waals surface area contributed by atoms with Gasteiger partial charge in [0.05, 0.1) is 12.2 Å². The number of nitrogens with one attached hydrogen (secondary N) is 1. The van der Waals surface area contributed by atoms with Crippen LogP contribution in [0.1, 0.15) is 60.3 Å². The fourth-order valence-electron chi connectivity index (χ4n) is 1.97. The number of carbonyl (C=O) groups excluding carboxylic acids is 1. The van der Waals surface area contributed by atoms with Gasteiger partial charge in [-0.2, -0.15) is 0 Å². The highest BCUT2D eigenvalue weighted by Gasteiger charge is 2.42. The van der Waals surface area contributed by atoms with Crippen molar-refractivity contribution in [1.82, 2.24) is 5.32 Å². The summed E-state index contributed by atoms with van der Waals surface area (Å²) < 4.78 is 12.1. The first kappa shape index (κ1) is 20.0. The van der Waals surface area contributed by atoms with E-state index in [1.165, 1.54) is 0 Å². The van der Waals surface area contributed by atoms with E-state index in [2.05, 4.69) is 39.2 Å². The third-order valence-electron chi connectivity index (χ3n) is 4.42. The second-order valence-electron chi connectivity index (χ2n) is 8.84. The van der Waals surface area contributed by atoms with Crippen LogP contribution in [0.3, 0.4) is 0 Å². The Morgan fingerprint density at radius 3 is 2.17 bits per heavy atom. The van der Waals surface area contributed by atoms with Gasteiger partial charge in [0, 0.05) is 5.54 Å². The Labute approximate surface area is 142 Å². The van der Waals surface area contributed by atoms with Crippen LogP contribution in [-0.4, -0.2) is 19.8 Å². The van der Waals surface area contributed by atoms with Gasteiger partial charge in [-0.25, -0.2) is 0 Å². The maximum Gasteiger partial charge on any atom is 0.226 e. The molecule has 4 nitrogen and oxygen atoms in total. The lowest BCUT2D eigenvalue weighted by molar-refractivity contribution is -0.129. The molecular weight excluding hydrogens is 306 g/mol. The fraction of sp³-hybridized carbons (Fsp3) is 0.722. The normalized spacial score (nSPS) is 16.0. The highest BCUT2D eigenvalue weighted by molar-refractivity contribution is 6.74. The summed E-state index contributed by atoms with van der Waals surface area (Å²) in [6, 6.07) is 3.73. The summed E-state index contributed by atoms with van der Waals surface area (Å²) in [6.07, 6.45) is 1.26. The highest BCUT2D eigenvalue weighted by atomic mass is 28.4. The zero-order chi connectivity index (χ0) is 18.1. The van der Waals surface area contributed by atoms with Crippen molar-refractivity contribution in [3.05, 3.63) is 24.2 Å². The maximum absolute atomic E-state index is 12.6. The molecule has 0 unspecified atom stereocenters. The quantitative estimate of drug-likeness (QED) is 0.777. The summed E-state index contributed by atoms with van der Waals surface area (Å²) in [5.41, 5.74) is -0.268. The summed E-state index contributed by atoms with van der Waals surface area (Å²) in [5, 5.41) is 3.11.